The molecular weight excluding hydrogens is 1980 g/mol. The molecule has 1 atom stereocenters. The van der Waals surface area contributed by atoms with Gasteiger partial charge in [0.1, 0.15) is 15.6 Å². The van der Waals surface area contributed by atoms with Crippen molar-refractivity contribution in [2.75, 3.05) is 25.0 Å². The maximum absolute atomic E-state index is 13.2. The summed E-state index contributed by atoms with van der Waals surface area (Å²) in [6.45, 7) is 24.6. The third-order valence-electron chi connectivity index (χ3n) is 24.7. The number of hydrogen-bond acceptors (Lipinski definition) is 20. The highest BCUT2D eigenvalue weighted by atomic mass is 32.2. The van der Waals surface area contributed by atoms with E-state index >= 15 is 0 Å². The van der Waals surface area contributed by atoms with Gasteiger partial charge in [-0.3, -0.25) is 29.5 Å². The number of carboxylic acids is 1. The maximum atomic E-state index is 13.2. The van der Waals surface area contributed by atoms with Gasteiger partial charge in [0, 0.05) is 146 Å². The van der Waals surface area contributed by atoms with E-state index in [1.807, 2.05) is 185 Å². The minimum atomic E-state index is -3.36. The highest BCUT2D eigenvalue weighted by Gasteiger charge is 2.31. The quantitative estimate of drug-likeness (QED) is 0.0322. The number of carboxylic acid groups (broad SMARTS) is 1. The molecule has 0 saturated heterocycles. The smallest absolute Gasteiger partial charge is 0.336 e. The second kappa shape index (κ2) is 45.2. The summed E-state index contributed by atoms with van der Waals surface area (Å²) >= 11 is 2.94. The second-order valence-electron chi connectivity index (χ2n) is 39.4. The van der Waals surface area contributed by atoms with Crippen molar-refractivity contribution in [2.24, 2.45) is 0 Å². The molecule has 21 nitrogen and oxygen atoms in total. The van der Waals surface area contributed by atoms with Gasteiger partial charge in [-0.2, -0.15) is 0 Å². The van der Waals surface area contributed by atoms with Crippen molar-refractivity contribution in [3.63, 3.8) is 0 Å². The van der Waals surface area contributed by atoms with Crippen LogP contribution in [0.3, 0.4) is 0 Å². The second-order valence-corrected chi connectivity index (χ2v) is 49.3. The van der Waals surface area contributed by atoms with Crippen LogP contribution in [0.2, 0.25) is 0 Å². The van der Waals surface area contributed by atoms with Crippen molar-refractivity contribution in [3.05, 3.63) is 416 Å². The number of amides is 2. The number of benzene rings is 12. The molecule has 0 aliphatic rings. The Morgan fingerprint density at radius 3 is 0.946 bits per heavy atom. The summed E-state index contributed by atoms with van der Waals surface area (Å²) in [5.41, 5.74) is 22.2. The number of nitrogens with zero attached hydrogens (tertiary/aromatic N) is 6. The zero-order valence-corrected chi connectivity index (χ0v) is 90.2. The van der Waals surface area contributed by atoms with E-state index in [0.29, 0.717) is 32.8 Å². The molecule has 2 amide bonds. The fraction of sp³-hybridized carbons (Fsp3) is 0.172. The zero-order chi connectivity index (χ0) is 107. The molecule has 0 bridgehead atoms. The molecule has 756 valence electrons. The normalized spacial score (nSPS) is 12.9. The Hall–Kier alpha value is -15.3. The number of carbonyl (C=O) groups is 3. The highest BCUT2D eigenvalue weighted by molar-refractivity contribution is 7.91. The van der Waals surface area contributed by atoms with Crippen LogP contribution in [-0.2, 0) is 70.2 Å². The maximum Gasteiger partial charge on any atom is 0.336 e. The average Bonchev–Trinajstić information content (AvgIpc) is 1.78. The van der Waals surface area contributed by atoms with Crippen molar-refractivity contribution in [1.82, 2.24) is 40.5 Å². The van der Waals surface area contributed by atoms with Gasteiger partial charge >= 0.3 is 5.97 Å². The summed E-state index contributed by atoms with van der Waals surface area (Å²) in [5, 5.41) is 36.6. The molecule has 1 unspecified atom stereocenters. The molecule has 27 heteroatoms. The van der Waals surface area contributed by atoms with E-state index < -0.39 is 50.9 Å². The summed E-state index contributed by atoms with van der Waals surface area (Å²) in [6, 6.07) is 90.1. The van der Waals surface area contributed by atoms with Crippen LogP contribution >= 0.6 is 22.7 Å². The van der Waals surface area contributed by atoms with Gasteiger partial charge in [-0.25, -0.2) is 48.4 Å². The van der Waals surface area contributed by atoms with E-state index in [4.69, 9.17) is 0 Å². The lowest BCUT2D eigenvalue weighted by molar-refractivity contribution is -0.130. The standard InChI is InChI=1S/C32H25N3O3S3.2C32H34N2O3S.C26H21NO4S/c1-32(36,31-35-14-16-40-31)25-19-24-7-4-12-33-29(24)27(20-25)23-6-3-5-21(17-23)18-28(30-34-13-15-39-30)22-8-10-26(11-9-22)41(2,37)38;2*1-21(2)34-31(35)29(23-12-14-27(15-13-23)38(6,36)37)18-22-9-7-10-24(17-22)28-20-26(32(3,4)5)19-25-11-8-16-33-30(25)28;1-17-13-21-7-4-12-27-25(21)23(14-17)20-6-3-5-18(15-20)16-24(26(28)29)19-8-10-22(11-9-19)32(2,30)31/h3-20,36H,1-2H3;2*7-21H,1-6H3,(H,34,35);3-16H,1-2H3,(H,28,29)/b28-18-;29-18+;29-18-;24-16+. The topological polar surface area (TPSA) is 330 Å². The molecule has 4 N–H and O–H groups in total. The summed E-state index contributed by atoms with van der Waals surface area (Å²) in [4.78, 5) is 66.7. The average molecular weight is 2090 g/mol. The number of pyridine rings is 4. The summed E-state index contributed by atoms with van der Waals surface area (Å²) in [6.07, 6.45) is 22.6. The summed E-state index contributed by atoms with van der Waals surface area (Å²) < 4.78 is 95.1. The molecule has 0 saturated carbocycles. The van der Waals surface area contributed by atoms with Gasteiger partial charge in [0.05, 0.1) is 47.2 Å². The van der Waals surface area contributed by atoms with Crippen molar-refractivity contribution in [2.45, 2.75) is 131 Å². The van der Waals surface area contributed by atoms with Crippen molar-refractivity contribution >= 4 is 170 Å². The van der Waals surface area contributed by atoms with Crippen LogP contribution in [0.4, 0.5) is 0 Å². The molecule has 0 aliphatic heterocycles. The molecular formula is C122H114N8O13S6. The van der Waals surface area contributed by atoms with E-state index in [2.05, 4.69) is 167 Å². The predicted molar refractivity (Wildman–Crippen MR) is 607 cm³/mol. The van der Waals surface area contributed by atoms with E-state index in [0.717, 1.165) is 144 Å². The van der Waals surface area contributed by atoms with Crippen LogP contribution in [0.5, 0.6) is 0 Å². The van der Waals surface area contributed by atoms with Crippen LogP contribution in [0.25, 0.3) is 135 Å². The van der Waals surface area contributed by atoms with Gasteiger partial charge in [0.2, 0.25) is 0 Å². The van der Waals surface area contributed by atoms with E-state index in [-0.39, 0.29) is 59.9 Å². The lowest BCUT2D eigenvalue weighted by Gasteiger charge is -2.23. The van der Waals surface area contributed by atoms with Gasteiger partial charge in [-0.1, -0.05) is 187 Å². The van der Waals surface area contributed by atoms with Gasteiger partial charge < -0.3 is 20.8 Å². The lowest BCUT2D eigenvalue weighted by Crippen LogP contribution is -2.30. The molecule has 0 spiro atoms. The van der Waals surface area contributed by atoms with Crippen LogP contribution in [-0.4, -0.2) is 129 Å². The monoisotopic (exact) mass is 2090 g/mol. The number of aliphatic carboxylic acids is 1. The number of aromatic nitrogens is 6. The summed E-state index contributed by atoms with van der Waals surface area (Å²) in [7, 11) is -13.3. The molecule has 0 aliphatic carbocycles. The Bertz CT molecular complexity index is 8490. The molecule has 18 rings (SSSR count). The number of rotatable bonds is 24. The Kier molecular flexibility index (Phi) is 32.7. The SMILES string of the molecule is CC(C)NC(=O)/C(=C/c1cccc(-c2cc(C(C)(C)C)cc3cccnc23)c1)c1ccc(S(C)(=O)=O)cc1.CC(C)NC(=O)/C(=C\c1cccc(-c2cc(C(C)(C)C)cc3cccnc23)c1)c1ccc(S(C)(=O)=O)cc1.CC(O)(c1cc(-c2cccc(/C=C(/c3ccc(S(C)(=O)=O)cc3)c3nccs3)c2)c2ncccc2c1)c1nccs1.Cc1cc(-c2cccc(/C=C(/C(=O)O)c3ccc(S(C)(=O)=O)cc3)c2)c2ncccc2c1. The Morgan fingerprint density at radius 1 is 0.329 bits per heavy atom. The molecule has 0 fully saturated rings. The Balaban J connectivity index is 0.000000149. The minimum absolute atomic E-state index is 0.0312. The number of fused-ring (bicyclic) bond motifs is 4. The predicted octanol–water partition coefficient (Wildman–Crippen LogP) is 25.6. The van der Waals surface area contributed by atoms with Crippen molar-refractivity contribution in [3.8, 4) is 44.5 Å². The molecule has 149 heavy (non-hydrogen) atoms. The number of hydrogen-bond donors (Lipinski definition) is 4. The van der Waals surface area contributed by atoms with E-state index in [9.17, 15) is 58.3 Å². The van der Waals surface area contributed by atoms with Crippen LogP contribution < -0.4 is 10.6 Å². The fourth-order valence-electron chi connectivity index (χ4n) is 17.0. The van der Waals surface area contributed by atoms with Gasteiger partial charge in [-0.05, 0) is 311 Å². The largest absolute Gasteiger partial charge is 0.478 e. The first-order chi connectivity index (χ1) is 70.6. The van der Waals surface area contributed by atoms with Crippen LogP contribution in [0.15, 0.2) is 359 Å². The van der Waals surface area contributed by atoms with Gasteiger partial charge in [-0.15, -0.1) is 22.7 Å². The minimum Gasteiger partial charge on any atom is -0.478 e. The van der Waals surface area contributed by atoms with Crippen molar-refractivity contribution in [1.29, 1.82) is 0 Å². The number of thiazole rings is 2. The molecule has 6 aromatic heterocycles. The number of carbonyl (C=O) groups excluding carboxylic acids is 2. The number of aryl methyl sites for hydroxylation is 1. The summed E-state index contributed by atoms with van der Waals surface area (Å²) in [5.74, 6) is -1.54. The third-order valence-corrected chi connectivity index (χ3v) is 31.0. The first-order valence-electron chi connectivity index (χ1n) is 48.0. The number of aliphatic hydroxyl groups is 1. The first kappa shape index (κ1) is 108. The first-order valence-corrected chi connectivity index (χ1v) is 57.3. The number of sulfone groups is 4. The highest BCUT2D eigenvalue weighted by Crippen LogP contribution is 2.42. The van der Waals surface area contributed by atoms with Crippen molar-refractivity contribution < 1.29 is 58.3 Å². The van der Waals surface area contributed by atoms with Gasteiger partial charge in [0.25, 0.3) is 11.8 Å². The molecule has 0 radical (unpaired) electrons. The molecule has 18 aromatic rings. The Labute approximate surface area is 878 Å². The zero-order valence-electron chi connectivity index (χ0n) is 85.3. The number of nitrogens with one attached hydrogen (secondary N) is 2. The van der Waals surface area contributed by atoms with Gasteiger partial charge in [0.15, 0.2) is 39.3 Å². The molecule has 6 heterocycles. The van der Waals surface area contributed by atoms with Crippen LogP contribution in [0.1, 0.15) is 153 Å². The fourth-order valence-corrected chi connectivity index (χ4v) is 21.0. The lowest BCUT2D eigenvalue weighted by atomic mass is 9.84. The Morgan fingerprint density at radius 2 is 0.631 bits per heavy atom. The van der Waals surface area contributed by atoms with E-state index in [1.165, 1.54) is 101 Å². The van der Waals surface area contributed by atoms with E-state index in [1.54, 1.807) is 86.6 Å². The molecule has 12 aromatic carbocycles. The third kappa shape index (κ3) is 26.8. The van der Waals surface area contributed by atoms with Crippen LogP contribution in [0, 0.1) is 6.92 Å².